The molecule has 0 heterocycles. The van der Waals surface area contributed by atoms with Crippen molar-refractivity contribution in [2.45, 2.75) is 136 Å². The lowest BCUT2D eigenvalue weighted by Gasteiger charge is -2.07. The Balaban J connectivity index is 2.95. The van der Waals surface area contributed by atoms with Crippen LogP contribution in [-0.2, 0) is 0 Å². The molecule has 0 bridgehead atoms. The monoisotopic (exact) mass is 340 g/mol. The molecule has 0 aromatic heterocycles. The smallest absolute Gasteiger partial charge is 0.0517 e. The molecule has 24 heavy (non-hydrogen) atoms. The summed E-state index contributed by atoms with van der Waals surface area (Å²) in [7, 11) is 0. The summed E-state index contributed by atoms with van der Waals surface area (Å²) in [5.41, 5.74) is 5.66. The van der Waals surface area contributed by atoms with Crippen LogP contribution in [0, 0.1) is 0 Å². The summed E-state index contributed by atoms with van der Waals surface area (Å²) in [6, 6.07) is 0. The zero-order valence-electron chi connectivity index (χ0n) is 17.1. The van der Waals surface area contributed by atoms with Gasteiger partial charge < -0.3 is 11.1 Å². The molecule has 0 aromatic carbocycles. The van der Waals surface area contributed by atoms with E-state index in [0.717, 1.165) is 6.54 Å². The molecule has 0 saturated heterocycles. The minimum absolute atomic E-state index is 0.149. The minimum Gasteiger partial charge on any atom is -0.316 e. The number of nitrogens with two attached hydrogens (primary N) is 1. The molecule has 1 unspecified atom stereocenters. The van der Waals surface area contributed by atoms with Gasteiger partial charge in [0.05, 0.1) is 6.17 Å². The largest absolute Gasteiger partial charge is 0.316 e. The van der Waals surface area contributed by atoms with E-state index in [0.29, 0.717) is 0 Å². The molecule has 2 heteroatoms. The van der Waals surface area contributed by atoms with Crippen LogP contribution in [0.2, 0.25) is 0 Å². The van der Waals surface area contributed by atoms with E-state index in [9.17, 15) is 0 Å². The molecule has 0 amide bonds. The molecule has 0 aliphatic carbocycles. The standard InChI is InChI=1S/C22H48N2/c1-3-4-5-6-7-8-9-10-11-12-13-14-15-16-17-18-19-20-21-24-22(2)23/h22,24H,3-21,23H2,1-2H3. The second kappa shape index (κ2) is 21.0. The van der Waals surface area contributed by atoms with Gasteiger partial charge >= 0.3 is 0 Å². The van der Waals surface area contributed by atoms with Crippen molar-refractivity contribution in [1.29, 1.82) is 0 Å². The quantitative estimate of drug-likeness (QED) is 0.186. The predicted molar refractivity (Wildman–Crippen MR) is 110 cm³/mol. The number of hydrogen-bond acceptors (Lipinski definition) is 2. The summed E-state index contributed by atoms with van der Waals surface area (Å²) in [4.78, 5) is 0. The van der Waals surface area contributed by atoms with Crippen LogP contribution in [0.15, 0.2) is 0 Å². The summed E-state index contributed by atoms with van der Waals surface area (Å²) < 4.78 is 0. The average molecular weight is 341 g/mol. The summed E-state index contributed by atoms with van der Waals surface area (Å²) in [6.07, 6.45) is 26.0. The summed E-state index contributed by atoms with van der Waals surface area (Å²) in [5, 5.41) is 3.28. The van der Waals surface area contributed by atoms with Gasteiger partial charge in [-0.25, -0.2) is 0 Å². The average Bonchev–Trinajstić information content (AvgIpc) is 2.56. The number of hydrogen-bond donors (Lipinski definition) is 2. The Labute approximate surface area is 153 Å². The zero-order valence-corrected chi connectivity index (χ0v) is 17.1. The fraction of sp³-hybridized carbons (Fsp3) is 1.00. The van der Waals surface area contributed by atoms with Gasteiger partial charge in [-0.1, -0.05) is 116 Å². The van der Waals surface area contributed by atoms with Gasteiger partial charge in [0.2, 0.25) is 0 Å². The van der Waals surface area contributed by atoms with Crippen molar-refractivity contribution in [3.63, 3.8) is 0 Å². The Morgan fingerprint density at radius 2 is 0.833 bits per heavy atom. The molecule has 0 aliphatic rings. The molecule has 146 valence electrons. The van der Waals surface area contributed by atoms with Gasteiger partial charge in [0.25, 0.3) is 0 Å². The van der Waals surface area contributed by atoms with E-state index in [-0.39, 0.29) is 6.17 Å². The Kier molecular flexibility index (Phi) is 20.9. The van der Waals surface area contributed by atoms with Gasteiger partial charge in [-0.2, -0.15) is 0 Å². The molecule has 0 rings (SSSR count). The Morgan fingerprint density at radius 3 is 1.12 bits per heavy atom. The first-order valence-electron chi connectivity index (χ1n) is 11.3. The van der Waals surface area contributed by atoms with Crippen molar-refractivity contribution in [3.8, 4) is 0 Å². The van der Waals surface area contributed by atoms with Gasteiger partial charge in [-0.3, -0.25) is 0 Å². The van der Waals surface area contributed by atoms with Crippen LogP contribution in [0.1, 0.15) is 129 Å². The fourth-order valence-corrected chi connectivity index (χ4v) is 3.36. The van der Waals surface area contributed by atoms with Gasteiger partial charge in [0.1, 0.15) is 0 Å². The summed E-state index contributed by atoms with van der Waals surface area (Å²) >= 11 is 0. The van der Waals surface area contributed by atoms with Crippen LogP contribution in [0.5, 0.6) is 0 Å². The maximum Gasteiger partial charge on any atom is 0.0517 e. The van der Waals surface area contributed by atoms with Crippen molar-refractivity contribution in [2.75, 3.05) is 6.54 Å². The van der Waals surface area contributed by atoms with E-state index < -0.39 is 0 Å². The second-order valence-electron chi connectivity index (χ2n) is 7.75. The number of nitrogens with one attached hydrogen (secondary N) is 1. The highest BCUT2D eigenvalue weighted by Crippen LogP contribution is 2.14. The van der Waals surface area contributed by atoms with E-state index in [2.05, 4.69) is 12.2 Å². The van der Waals surface area contributed by atoms with E-state index in [1.54, 1.807) is 0 Å². The van der Waals surface area contributed by atoms with Crippen molar-refractivity contribution in [2.24, 2.45) is 5.73 Å². The highest BCUT2D eigenvalue weighted by molar-refractivity contribution is 4.53. The lowest BCUT2D eigenvalue weighted by atomic mass is 10.0. The van der Waals surface area contributed by atoms with Gasteiger partial charge in [-0.15, -0.1) is 0 Å². The number of unbranched alkanes of at least 4 members (excludes halogenated alkanes) is 17. The third-order valence-corrected chi connectivity index (χ3v) is 5.00. The lowest BCUT2D eigenvalue weighted by molar-refractivity contribution is 0.509. The van der Waals surface area contributed by atoms with Gasteiger partial charge in [0, 0.05) is 0 Å². The molecular weight excluding hydrogens is 292 g/mol. The Morgan fingerprint density at radius 1 is 0.542 bits per heavy atom. The van der Waals surface area contributed by atoms with Crippen molar-refractivity contribution in [1.82, 2.24) is 5.32 Å². The Bertz CT molecular complexity index is 216. The van der Waals surface area contributed by atoms with Gasteiger partial charge in [0.15, 0.2) is 0 Å². The van der Waals surface area contributed by atoms with Crippen molar-refractivity contribution in [3.05, 3.63) is 0 Å². The molecule has 1 atom stereocenters. The SMILES string of the molecule is CCCCCCCCCCCCCCCCCCCCNC(C)N. The van der Waals surface area contributed by atoms with Crippen LogP contribution < -0.4 is 11.1 Å². The van der Waals surface area contributed by atoms with Crippen molar-refractivity contribution < 1.29 is 0 Å². The molecular formula is C22H48N2. The third kappa shape index (κ3) is 21.9. The maximum atomic E-state index is 5.66. The first-order chi connectivity index (χ1) is 11.8. The first kappa shape index (κ1) is 23.9. The van der Waals surface area contributed by atoms with Crippen molar-refractivity contribution >= 4 is 0 Å². The fourth-order valence-electron chi connectivity index (χ4n) is 3.36. The zero-order chi connectivity index (χ0) is 17.7. The molecule has 2 nitrogen and oxygen atoms in total. The van der Waals surface area contributed by atoms with Crippen LogP contribution in [0.3, 0.4) is 0 Å². The molecule has 0 aromatic rings. The second-order valence-corrected chi connectivity index (χ2v) is 7.75. The van der Waals surface area contributed by atoms with Crippen LogP contribution >= 0.6 is 0 Å². The van der Waals surface area contributed by atoms with Crippen LogP contribution in [-0.4, -0.2) is 12.7 Å². The van der Waals surface area contributed by atoms with Crippen LogP contribution in [0.25, 0.3) is 0 Å². The number of rotatable bonds is 20. The molecule has 0 spiro atoms. The normalized spacial score (nSPS) is 12.6. The molecule has 3 N–H and O–H groups in total. The van der Waals surface area contributed by atoms with E-state index in [1.807, 2.05) is 6.92 Å². The third-order valence-electron chi connectivity index (χ3n) is 5.00. The minimum atomic E-state index is 0.149. The van der Waals surface area contributed by atoms with Crippen LogP contribution in [0.4, 0.5) is 0 Å². The molecule has 0 saturated carbocycles. The van der Waals surface area contributed by atoms with Gasteiger partial charge in [-0.05, 0) is 19.9 Å². The summed E-state index contributed by atoms with van der Waals surface area (Å²) in [5.74, 6) is 0. The van der Waals surface area contributed by atoms with E-state index >= 15 is 0 Å². The molecule has 0 radical (unpaired) electrons. The molecule has 0 fully saturated rings. The molecule has 0 aliphatic heterocycles. The first-order valence-corrected chi connectivity index (χ1v) is 11.3. The van der Waals surface area contributed by atoms with E-state index in [1.165, 1.54) is 116 Å². The van der Waals surface area contributed by atoms with E-state index in [4.69, 9.17) is 5.73 Å². The maximum absolute atomic E-state index is 5.66. The highest BCUT2D eigenvalue weighted by atomic mass is 15.0. The topological polar surface area (TPSA) is 38.0 Å². The lowest BCUT2D eigenvalue weighted by Crippen LogP contribution is -2.34. The summed E-state index contributed by atoms with van der Waals surface area (Å²) in [6.45, 7) is 5.38. The Hall–Kier alpha value is -0.0800. The predicted octanol–water partition coefficient (Wildman–Crippen LogP) is 6.92. The highest BCUT2D eigenvalue weighted by Gasteiger charge is 1.95.